The number of rotatable bonds is 10. The van der Waals surface area contributed by atoms with Crippen molar-refractivity contribution in [3.8, 4) is 0 Å². The van der Waals surface area contributed by atoms with Crippen LogP contribution >= 0.6 is 42.6 Å². The molecular weight excluding hydrogens is 417 g/mol. The van der Waals surface area contributed by atoms with Crippen molar-refractivity contribution < 1.29 is 51.6 Å². The monoisotopic (exact) mass is 436 g/mol. The molecule has 0 aromatic rings. The van der Waals surface area contributed by atoms with E-state index in [0.717, 1.165) is 0 Å². The smallest absolute Gasteiger partial charge is 0.748 e. The van der Waals surface area contributed by atoms with Crippen LogP contribution in [0.1, 0.15) is 12.8 Å². The maximum Gasteiger partial charge on any atom is 1.00 e. The van der Waals surface area contributed by atoms with Crippen LogP contribution in [0.3, 0.4) is 0 Å². The van der Waals surface area contributed by atoms with Crippen LogP contribution in [0.15, 0.2) is 0 Å². The number of hydrogen-bond donors (Lipinski definition) is 1. The largest absolute Gasteiger partial charge is 1.00 e. The number of nitrogens with one attached hydrogen (secondary N) is 1. The van der Waals surface area contributed by atoms with Gasteiger partial charge < -0.3 is 9.08 Å². The Labute approximate surface area is 174 Å². The van der Waals surface area contributed by atoms with Gasteiger partial charge >= 0.3 is 37.2 Å². The molecule has 1 aliphatic heterocycles. The van der Waals surface area contributed by atoms with Crippen molar-refractivity contribution in [2.45, 2.75) is 18.2 Å². The van der Waals surface area contributed by atoms with Crippen molar-refractivity contribution in [3.05, 3.63) is 0 Å². The van der Waals surface area contributed by atoms with Crippen LogP contribution in [0, 0.1) is 0 Å². The van der Waals surface area contributed by atoms with Gasteiger partial charge in [0.15, 0.2) is 0 Å². The maximum absolute atomic E-state index is 12.8. The summed E-state index contributed by atoms with van der Waals surface area (Å²) in [7, 11) is -7.36. The summed E-state index contributed by atoms with van der Waals surface area (Å²) in [4.78, 5) is 0. The van der Waals surface area contributed by atoms with E-state index in [2.05, 4.69) is 5.09 Å². The molecule has 2 unspecified atom stereocenters. The van der Waals surface area contributed by atoms with E-state index in [4.69, 9.17) is 27.7 Å². The third kappa shape index (κ3) is 10.0. The predicted octanol–water partition coefficient (Wildman–Crippen LogP) is -1.12. The molecule has 1 N–H and O–H groups in total. The molecule has 0 saturated carbocycles. The second-order valence-corrected chi connectivity index (χ2v) is 10.3. The minimum Gasteiger partial charge on any atom is -0.748 e. The van der Waals surface area contributed by atoms with Gasteiger partial charge in [-0.2, -0.15) is 0 Å². The summed E-state index contributed by atoms with van der Waals surface area (Å²) in [5.74, 6) is 0.728. The van der Waals surface area contributed by atoms with Crippen molar-refractivity contribution in [3.63, 3.8) is 0 Å². The summed E-state index contributed by atoms with van der Waals surface area (Å²) in [6, 6.07) is 0. The number of alkyl halides is 2. The van der Waals surface area contributed by atoms with Gasteiger partial charge in [0.05, 0.1) is 22.1 Å². The van der Waals surface area contributed by atoms with Crippen molar-refractivity contribution >= 4 is 52.8 Å². The van der Waals surface area contributed by atoms with Gasteiger partial charge in [-0.15, -0.1) is 35.0 Å². The van der Waals surface area contributed by atoms with E-state index in [-0.39, 0.29) is 47.1 Å². The Balaban J connectivity index is 0.00000484. The Morgan fingerprint density at radius 2 is 1.96 bits per heavy atom. The minimum atomic E-state index is -4.18. The molecule has 0 aliphatic carbocycles. The first-order valence-corrected chi connectivity index (χ1v) is 12.0. The van der Waals surface area contributed by atoms with Crippen molar-refractivity contribution in [1.82, 2.24) is 9.76 Å². The van der Waals surface area contributed by atoms with E-state index in [9.17, 15) is 17.5 Å². The Morgan fingerprint density at radius 3 is 2.48 bits per heavy atom. The third-order valence-electron chi connectivity index (χ3n) is 2.87. The molecule has 1 aliphatic rings. The topological polar surface area (TPSA) is 98.8 Å². The van der Waals surface area contributed by atoms with Crippen molar-refractivity contribution in [2.75, 3.05) is 43.0 Å². The summed E-state index contributed by atoms with van der Waals surface area (Å²) in [6.07, 6.45) is 0.918. The van der Waals surface area contributed by atoms with Crippen LogP contribution in [0.2, 0.25) is 0 Å². The van der Waals surface area contributed by atoms with Gasteiger partial charge in [0.2, 0.25) is 0 Å². The molecule has 2 atom stereocenters. The van der Waals surface area contributed by atoms with E-state index in [1.165, 1.54) is 11.8 Å². The Hall–Kier alpha value is 1.95. The third-order valence-corrected chi connectivity index (χ3v) is 7.77. The first-order chi connectivity index (χ1) is 10.3. The molecule has 1 rings (SSSR count). The fraction of sp³-hybridized carbons (Fsp3) is 1.00. The number of hydrogen-bond acceptors (Lipinski definition) is 6. The summed E-state index contributed by atoms with van der Waals surface area (Å²) in [5.41, 5.74) is 0. The number of halogens is 2. The number of nitrogens with zero attached hydrogens (tertiary/aromatic N) is 1. The number of thioether (sulfide) groups is 1. The van der Waals surface area contributed by atoms with Crippen LogP contribution in [0.5, 0.6) is 0 Å². The summed E-state index contributed by atoms with van der Waals surface area (Å²) in [6.45, 7) is 1.12. The van der Waals surface area contributed by atoms with E-state index >= 15 is 0 Å². The molecule has 1 saturated heterocycles. The van der Waals surface area contributed by atoms with Crippen molar-refractivity contribution in [2.24, 2.45) is 0 Å². The molecule has 1 heterocycles. The summed E-state index contributed by atoms with van der Waals surface area (Å²) in [5, 5.41) is 2.85. The molecule has 0 bridgehead atoms. The molecule has 0 radical (unpaired) electrons. The first-order valence-electron chi connectivity index (χ1n) is 6.75. The Bertz CT molecular complexity index is 482. The Kier molecular flexibility index (Phi) is 13.4. The van der Waals surface area contributed by atoms with Crippen LogP contribution in [0.4, 0.5) is 0 Å². The molecule has 7 nitrogen and oxygen atoms in total. The zero-order chi connectivity index (χ0) is 16.6. The van der Waals surface area contributed by atoms with E-state index in [1.54, 1.807) is 4.67 Å². The fourth-order valence-corrected chi connectivity index (χ4v) is 6.74. The average Bonchev–Trinajstić information content (AvgIpc) is 2.43. The van der Waals surface area contributed by atoms with E-state index < -0.39 is 17.8 Å². The molecule has 132 valence electrons. The molecule has 1 fully saturated rings. The molecule has 0 aromatic heterocycles. The van der Waals surface area contributed by atoms with Crippen LogP contribution < -0.4 is 34.6 Å². The SMILES string of the molecule is O=P1(N(CCCl)CCCl)NC(SCCCS(=O)(=O)[O-])CCO1.[Na+]. The molecule has 0 amide bonds. The van der Waals surface area contributed by atoms with Gasteiger partial charge in [-0.25, -0.2) is 18.2 Å². The molecule has 0 spiro atoms. The quantitative estimate of drug-likeness (QED) is 0.151. The predicted molar refractivity (Wildman–Crippen MR) is 89.8 cm³/mol. The van der Waals surface area contributed by atoms with Crippen LogP contribution in [0.25, 0.3) is 0 Å². The average molecular weight is 437 g/mol. The first kappa shape index (κ1) is 24.9. The van der Waals surface area contributed by atoms with E-state index in [0.29, 0.717) is 43.6 Å². The zero-order valence-electron chi connectivity index (χ0n) is 12.9. The normalized spacial score (nSPS) is 25.3. The van der Waals surface area contributed by atoms with Gasteiger partial charge in [-0.3, -0.25) is 4.57 Å². The standard InChI is InChI=1S/C10H21Cl2N2O5PS2.Na/c11-3-5-14(6-4-12)20(15)13-10(2-7-19-20)21-8-1-9-22(16,17)18;/h10H,1-9H2,(H,13,15)(H,16,17,18);/q;+1/p-1. The summed E-state index contributed by atoms with van der Waals surface area (Å²) < 4.78 is 51.5. The van der Waals surface area contributed by atoms with Crippen LogP contribution in [-0.4, -0.2) is 66.0 Å². The molecule has 0 aromatic carbocycles. The maximum atomic E-state index is 12.8. The summed E-state index contributed by atoms with van der Waals surface area (Å²) >= 11 is 12.9. The van der Waals surface area contributed by atoms with Crippen LogP contribution in [-0.2, 0) is 19.2 Å². The zero-order valence-corrected chi connectivity index (χ0v) is 19.0. The molecule has 23 heavy (non-hydrogen) atoms. The van der Waals surface area contributed by atoms with Gasteiger partial charge in [0, 0.05) is 30.6 Å². The van der Waals surface area contributed by atoms with Crippen molar-refractivity contribution in [1.29, 1.82) is 0 Å². The second kappa shape index (κ2) is 12.4. The molecule has 13 heteroatoms. The molecular formula is C10H20Cl2N2NaO5PS2. The van der Waals surface area contributed by atoms with Gasteiger partial charge in [-0.05, 0) is 18.6 Å². The van der Waals surface area contributed by atoms with E-state index in [1.807, 2.05) is 0 Å². The van der Waals surface area contributed by atoms with Gasteiger partial charge in [0.25, 0.3) is 0 Å². The fourth-order valence-electron chi connectivity index (χ4n) is 1.88. The second-order valence-electron chi connectivity index (χ2n) is 4.58. The van der Waals surface area contributed by atoms with Gasteiger partial charge in [-0.1, -0.05) is 0 Å². The van der Waals surface area contributed by atoms with Gasteiger partial charge in [0.1, 0.15) is 0 Å². The Morgan fingerprint density at radius 1 is 1.35 bits per heavy atom. The minimum absolute atomic E-state index is 0.